The molecule has 0 aromatic carbocycles. The average molecular weight is 116 g/mol. The predicted octanol–water partition coefficient (Wildman–Crippen LogP) is -5.26. The molecule has 0 aliphatic carbocycles. The number of hydrogen-bond donors (Lipinski definition) is 0. The third-order valence-electron chi connectivity index (χ3n) is 0.0680. The maximum absolute atomic E-state index is 8.72. The van der Waals surface area contributed by atoms with Gasteiger partial charge in [0.15, 0.2) is 0 Å². The Morgan fingerprint density at radius 1 is 1.83 bits per heavy atom. The van der Waals surface area contributed by atoms with E-state index >= 15 is 0 Å². The number of carbonyl (C=O) groups excluding carboxylic acids is 1. The summed E-state index contributed by atoms with van der Waals surface area (Å²) in [5.74, 6) is 0. The van der Waals surface area contributed by atoms with E-state index in [4.69, 9.17) is 15.2 Å². The van der Waals surface area contributed by atoms with Gasteiger partial charge in [-0.15, -0.1) is 0 Å². The predicted molar refractivity (Wildman–Crippen MR) is 7.59 cm³/mol. The third-order valence-corrected chi connectivity index (χ3v) is 0.0680. The van der Waals surface area contributed by atoms with Gasteiger partial charge in [-0.1, -0.05) is 0 Å². The fourth-order valence-electron chi connectivity index (χ4n) is 0. The van der Waals surface area contributed by atoms with Gasteiger partial charge < -0.3 is 20.0 Å². The minimum atomic E-state index is -2.05. The molecule has 0 bridgehead atoms. The van der Waals surface area contributed by atoms with Crippen molar-refractivity contribution in [3.8, 4) is 0 Å². The van der Waals surface area contributed by atoms with Crippen LogP contribution in [-0.2, 0) is 4.89 Å². The molecule has 6 heavy (non-hydrogen) atoms. The Hall–Kier alpha value is 0.866. The summed E-state index contributed by atoms with van der Waals surface area (Å²) in [6.07, 6.45) is -2.05. The Balaban J connectivity index is -0.0000000800. The largest absolute Gasteiger partial charge is 1.00 e. The summed E-state index contributed by atoms with van der Waals surface area (Å²) in [4.78, 5) is 11.0. The van der Waals surface area contributed by atoms with Crippen molar-refractivity contribution < 1.29 is 72.9 Å². The Morgan fingerprint density at radius 2 is 2.00 bits per heavy atom. The van der Waals surface area contributed by atoms with Crippen LogP contribution >= 0.6 is 0 Å². The molecule has 0 saturated heterocycles. The molecule has 0 aromatic heterocycles. The van der Waals surface area contributed by atoms with Crippen LogP contribution in [0.2, 0.25) is 0 Å². The summed E-state index contributed by atoms with van der Waals surface area (Å²) >= 11 is 0. The summed E-state index contributed by atoms with van der Waals surface area (Å²) in [6, 6.07) is 0. The Bertz CT molecular complexity index is 47.0. The van der Waals surface area contributed by atoms with Gasteiger partial charge in [0.1, 0.15) is 0 Å². The summed E-state index contributed by atoms with van der Waals surface area (Å²) in [7, 11) is 0. The Morgan fingerprint density at radius 3 is 2.00 bits per heavy atom. The fraction of sp³-hybridized carbons (Fsp3) is 0. The van der Waals surface area contributed by atoms with Crippen LogP contribution < -0.4 is 61.7 Å². The standard InChI is InChI=1S/CH2O4.K/c2-1(3)5-4;/h4H,(H,2,3);/q;+1/p-1. The molecule has 0 aliphatic heterocycles. The van der Waals surface area contributed by atoms with Crippen LogP contribution in [0.25, 0.3) is 0 Å². The molecule has 0 spiro atoms. The van der Waals surface area contributed by atoms with Crippen LogP contribution in [0, 0.1) is 0 Å². The first kappa shape index (κ1) is 9.98. The number of hydrogen-bond acceptors (Lipinski definition) is 4. The van der Waals surface area contributed by atoms with Crippen LogP contribution in [0.3, 0.4) is 0 Å². The summed E-state index contributed by atoms with van der Waals surface area (Å²) in [6.45, 7) is 0. The van der Waals surface area contributed by atoms with Gasteiger partial charge in [-0.25, -0.2) is 0 Å². The fourth-order valence-corrected chi connectivity index (χ4v) is 0. The maximum Gasteiger partial charge on any atom is 1.00 e. The molecule has 0 rings (SSSR count). The minimum Gasteiger partial charge on any atom is -0.755 e. The zero-order chi connectivity index (χ0) is 4.28. The van der Waals surface area contributed by atoms with E-state index in [0.717, 1.165) is 0 Å². The molecule has 0 saturated carbocycles. The first-order valence-corrected chi connectivity index (χ1v) is 0.779. The third kappa shape index (κ3) is 8.85. The molecule has 0 fully saturated rings. The van der Waals surface area contributed by atoms with E-state index in [0.29, 0.717) is 0 Å². The first-order valence-electron chi connectivity index (χ1n) is 0.779. The van der Waals surface area contributed by atoms with Gasteiger partial charge in [-0.05, 0) is 0 Å². The molecule has 0 atom stereocenters. The van der Waals surface area contributed by atoms with E-state index in [2.05, 4.69) is 4.89 Å². The quantitative estimate of drug-likeness (QED) is 0.180. The molecule has 0 aliphatic rings. The minimum absolute atomic E-state index is 0. The van der Waals surface area contributed by atoms with Crippen LogP contribution in [0.5, 0.6) is 0 Å². The molecule has 0 heterocycles. The van der Waals surface area contributed by atoms with Gasteiger partial charge in [0.25, 0.3) is 0 Å². The summed E-state index contributed by atoms with van der Waals surface area (Å²) < 4.78 is 0. The van der Waals surface area contributed by atoms with Crippen molar-refractivity contribution in [2.24, 2.45) is 0 Å². The number of rotatable bonds is 0. The van der Waals surface area contributed by atoms with Gasteiger partial charge in [0.2, 0.25) is 6.16 Å². The van der Waals surface area contributed by atoms with E-state index in [-0.39, 0.29) is 52.8 Å². The SMILES string of the molecule is O=C([O-])O[O-].[H+].[K+]. The van der Waals surface area contributed by atoms with Crippen molar-refractivity contribution in [2.45, 2.75) is 0 Å². The molecule has 0 radical (unpaired) electrons. The number of carbonyl (C=O) groups is 1. The van der Waals surface area contributed by atoms with Crippen molar-refractivity contribution in [1.82, 2.24) is 0 Å². The van der Waals surface area contributed by atoms with Crippen LogP contribution in [-0.4, -0.2) is 6.16 Å². The maximum atomic E-state index is 8.72. The molecule has 4 nitrogen and oxygen atoms in total. The Kier molecular flexibility index (Phi) is 9.76. The molecular weight excluding hydrogens is 115 g/mol. The van der Waals surface area contributed by atoms with Crippen LogP contribution in [0.15, 0.2) is 0 Å². The van der Waals surface area contributed by atoms with Gasteiger partial charge in [0, 0.05) is 0 Å². The molecule has 0 N–H and O–H groups in total. The molecule has 5 heteroatoms. The molecular formula is CHKO4. The first-order chi connectivity index (χ1) is 2.27. The Labute approximate surface area is 77.9 Å². The normalized spacial score (nSPS) is 5.50. The van der Waals surface area contributed by atoms with Crippen LogP contribution in [0.1, 0.15) is 1.43 Å². The average Bonchev–Trinajstić information content (AvgIpc) is 1.38. The van der Waals surface area contributed by atoms with E-state index in [1.807, 2.05) is 0 Å². The summed E-state index contributed by atoms with van der Waals surface area (Å²) in [5.41, 5.74) is 0. The molecule has 0 aromatic rings. The van der Waals surface area contributed by atoms with Crippen molar-refractivity contribution in [1.29, 1.82) is 0 Å². The number of carboxylic acid groups (broad SMARTS) is 1. The van der Waals surface area contributed by atoms with E-state index < -0.39 is 6.16 Å². The van der Waals surface area contributed by atoms with Crippen LogP contribution in [0.4, 0.5) is 4.79 Å². The van der Waals surface area contributed by atoms with E-state index in [1.165, 1.54) is 0 Å². The van der Waals surface area contributed by atoms with E-state index in [1.54, 1.807) is 0 Å². The second kappa shape index (κ2) is 5.87. The van der Waals surface area contributed by atoms with Gasteiger partial charge in [-0.2, -0.15) is 0 Å². The van der Waals surface area contributed by atoms with Gasteiger partial charge in [-0.3, -0.25) is 0 Å². The van der Waals surface area contributed by atoms with Crippen molar-refractivity contribution in [3.05, 3.63) is 0 Å². The smallest absolute Gasteiger partial charge is 0.755 e. The van der Waals surface area contributed by atoms with Crippen molar-refractivity contribution in [3.63, 3.8) is 0 Å². The molecule has 0 amide bonds. The van der Waals surface area contributed by atoms with Gasteiger partial charge in [0.05, 0.1) is 0 Å². The topological polar surface area (TPSA) is 72.4 Å². The zero-order valence-corrected chi connectivity index (χ0v) is 6.26. The van der Waals surface area contributed by atoms with E-state index in [9.17, 15) is 0 Å². The molecule has 0 unspecified atom stereocenters. The van der Waals surface area contributed by atoms with Crippen molar-refractivity contribution in [2.75, 3.05) is 0 Å². The second-order valence-corrected chi connectivity index (χ2v) is 0.333. The second-order valence-electron chi connectivity index (χ2n) is 0.333. The zero-order valence-electron chi connectivity index (χ0n) is 4.13. The van der Waals surface area contributed by atoms with Crippen molar-refractivity contribution >= 4 is 6.16 Å². The van der Waals surface area contributed by atoms with Gasteiger partial charge >= 0.3 is 52.8 Å². The monoisotopic (exact) mass is 116 g/mol. The molecule has 30 valence electrons. The summed E-state index contributed by atoms with van der Waals surface area (Å²) in [5, 5.41) is 17.2.